The summed E-state index contributed by atoms with van der Waals surface area (Å²) >= 11 is 5.75. The smallest absolute Gasteiger partial charge is 0.338 e. The summed E-state index contributed by atoms with van der Waals surface area (Å²) in [7, 11) is 0. The molecule has 0 aliphatic carbocycles. The van der Waals surface area contributed by atoms with Gasteiger partial charge in [-0.3, -0.25) is 4.79 Å². The Morgan fingerprint density at radius 3 is 2.69 bits per heavy atom. The number of aromatic amines is 1. The average Bonchev–Trinajstić information content (AvgIpc) is 2.90. The minimum Gasteiger partial charge on any atom is -0.449 e. The first kappa shape index (κ1) is 17.9. The van der Waals surface area contributed by atoms with Crippen molar-refractivity contribution in [1.82, 2.24) is 9.97 Å². The van der Waals surface area contributed by atoms with Crippen molar-refractivity contribution in [2.45, 2.75) is 26.9 Å². The van der Waals surface area contributed by atoms with Crippen LogP contribution in [-0.4, -0.2) is 27.9 Å². The summed E-state index contributed by atoms with van der Waals surface area (Å²) in [5.41, 5.74) is 3.48. The monoisotopic (exact) mass is 371 g/mol. The highest BCUT2D eigenvalue weighted by molar-refractivity contribution is 6.30. The lowest BCUT2D eigenvalue weighted by atomic mass is 10.1. The molecule has 26 heavy (non-hydrogen) atoms. The molecule has 134 valence electrons. The first-order chi connectivity index (χ1) is 12.3. The van der Waals surface area contributed by atoms with E-state index < -0.39 is 18.0 Å². The summed E-state index contributed by atoms with van der Waals surface area (Å²) in [6, 6.07) is 8.44. The average molecular weight is 372 g/mol. The van der Waals surface area contributed by atoms with E-state index in [1.54, 1.807) is 24.3 Å². The van der Waals surface area contributed by atoms with Gasteiger partial charge in [-0.05, 0) is 56.7 Å². The normalized spacial score (nSPS) is 12.0. The maximum Gasteiger partial charge on any atom is 0.338 e. The number of hydrogen-bond acceptors (Lipinski definition) is 4. The molecule has 1 atom stereocenters. The number of aromatic nitrogens is 2. The van der Waals surface area contributed by atoms with Crippen LogP contribution in [0.5, 0.6) is 0 Å². The number of rotatable bonds is 4. The van der Waals surface area contributed by atoms with Crippen molar-refractivity contribution < 1.29 is 14.3 Å². The summed E-state index contributed by atoms with van der Waals surface area (Å²) in [6.07, 6.45) is 0.453. The minimum absolute atomic E-state index is 0.335. The number of aryl methyl sites for hydroxylation is 2. The number of hydrogen-bond donors (Lipinski definition) is 2. The third kappa shape index (κ3) is 3.70. The maximum absolute atomic E-state index is 12.4. The van der Waals surface area contributed by atoms with E-state index in [1.807, 2.05) is 19.9 Å². The van der Waals surface area contributed by atoms with E-state index in [9.17, 15) is 9.59 Å². The molecule has 2 aromatic heterocycles. The molecule has 0 radical (unpaired) electrons. The highest BCUT2D eigenvalue weighted by Gasteiger charge is 2.20. The molecule has 2 heterocycles. The number of H-pyrrole nitrogens is 1. The summed E-state index contributed by atoms with van der Waals surface area (Å²) in [6.45, 7) is 5.47. The van der Waals surface area contributed by atoms with E-state index in [0.29, 0.717) is 16.4 Å². The molecule has 0 unspecified atom stereocenters. The Bertz CT molecular complexity index is 980. The highest BCUT2D eigenvalue weighted by Crippen LogP contribution is 2.23. The highest BCUT2D eigenvalue weighted by atomic mass is 35.5. The SMILES string of the molecule is Cc1[nH]c2ccc(C(=O)O[C@H](C)C(=O)Nc3ccc(Cl)cn3)cc2c1C. The first-order valence-corrected chi connectivity index (χ1v) is 8.45. The lowest BCUT2D eigenvalue weighted by Gasteiger charge is -2.13. The Morgan fingerprint density at radius 2 is 2.00 bits per heavy atom. The Balaban J connectivity index is 1.69. The van der Waals surface area contributed by atoms with Gasteiger partial charge < -0.3 is 15.0 Å². The van der Waals surface area contributed by atoms with Crippen LogP contribution >= 0.6 is 11.6 Å². The van der Waals surface area contributed by atoms with Crippen molar-refractivity contribution in [3.8, 4) is 0 Å². The number of pyridine rings is 1. The number of ether oxygens (including phenoxy) is 1. The van der Waals surface area contributed by atoms with Gasteiger partial charge in [0, 0.05) is 22.8 Å². The fraction of sp³-hybridized carbons (Fsp3) is 0.211. The van der Waals surface area contributed by atoms with Gasteiger partial charge >= 0.3 is 5.97 Å². The van der Waals surface area contributed by atoms with Crippen molar-refractivity contribution in [3.05, 3.63) is 58.4 Å². The van der Waals surface area contributed by atoms with Crippen LogP contribution in [0.15, 0.2) is 36.5 Å². The second kappa shape index (κ2) is 7.17. The van der Waals surface area contributed by atoms with Crippen LogP contribution < -0.4 is 5.32 Å². The molecule has 0 bridgehead atoms. The van der Waals surface area contributed by atoms with Crippen LogP contribution in [0.3, 0.4) is 0 Å². The minimum atomic E-state index is -0.968. The maximum atomic E-state index is 12.4. The van der Waals surface area contributed by atoms with Crippen LogP contribution in [0.25, 0.3) is 10.9 Å². The van der Waals surface area contributed by atoms with Crippen LogP contribution in [0, 0.1) is 13.8 Å². The number of carbonyl (C=O) groups excluding carboxylic acids is 2. The number of nitrogens with zero attached hydrogens (tertiary/aromatic N) is 1. The Labute approximate surface area is 155 Å². The molecule has 0 saturated carbocycles. The largest absolute Gasteiger partial charge is 0.449 e. The zero-order valence-electron chi connectivity index (χ0n) is 14.6. The summed E-state index contributed by atoms with van der Waals surface area (Å²) < 4.78 is 5.27. The molecule has 3 rings (SSSR count). The number of benzene rings is 1. The standard InChI is InChI=1S/C19H18ClN3O3/c1-10-11(2)22-16-6-4-13(8-15(10)16)19(25)26-12(3)18(24)23-17-7-5-14(20)9-21-17/h4-9,12,22H,1-3H3,(H,21,23,24)/t12-/m1/s1. The Hall–Kier alpha value is -2.86. The van der Waals surface area contributed by atoms with Gasteiger partial charge in [0.1, 0.15) is 5.82 Å². The first-order valence-electron chi connectivity index (χ1n) is 8.07. The number of nitrogens with one attached hydrogen (secondary N) is 2. The van der Waals surface area contributed by atoms with Crippen LogP contribution in [0.1, 0.15) is 28.5 Å². The van der Waals surface area contributed by atoms with E-state index in [4.69, 9.17) is 16.3 Å². The van der Waals surface area contributed by atoms with Gasteiger partial charge in [-0.15, -0.1) is 0 Å². The van der Waals surface area contributed by atoms with Crippen molar-refractivity contribution in [2.75, 3.05) is 5.32 Å². The molecule has 0 aliphatic heterocycles. The van der Waals surface area contributed by atoms with E-state index in [2.05, 4.69) is 15.3 Å². The molecular formula is C19H18ClN3O3. The zero-order valence-corrected chi connectivity index (χ0v) is 15.3. The van der Waals surface area contributed by atoms with Crippen molar-refractivity contribution in [3.63, 3.8) is 0 Å². The molecule has 1 amide bonds. The lowest BCUT2D eigenvalue weighted by Crippen LogP contribution is -2.30. The predicted molar refractivity (Wildman–Crippen MR) is 101 cm³/mol. The van der Waals surface area contributed by atoms with Gasteiger partial charge in [0.05, 0.1) is 10.6 Å². The molecule has 0 aliphatic rings. The molecule has 0 spiro atoms. The topological polar surface area (TPSA) is 84.1 Å². The second-order valence-electron chi connectivity index (χ2n) is 6.03. The molecule has 3 aromatic rings. The number of fused-ring (bicyclic) bond motifs is 1. The Kier molecular flexibility index (Phi) is 4.95. The van der Waals surface area contributed by atoms with Crippen LogP contribution in [0.2, 0.25) is 5.02 Å². The van der Waals surface area contributed by atoms with E-state index >= 15 is 0 Å². The quantitative estimate of drug-likeness (QED) is 0.678. The van der Waals surface area contributed by atoms with E-state index in [-0.39, 0.29) is 0 Å². The summed E-state index contributed by atoms with van der Waals surface area (Å²) in [4.78, 5) is 31.8. The number of anilines is 1. The lowest BCUT2D eigenvalue weighted by molar-refractivity contribution is -0.123. The molecular weight excluding hydrogens is 354 g/mol. The zero-order chi connectivity index (χ0) is 18.8. The van der Waals surface area contributed by atoms with E-state index in [0.717, 1.165) is 22.2 Å². The van der Waals surface area contributed by atoms with Gasteiger partial charge in [0.15, 0.2) is 6.10 Å². The van der Waals surface area contributed by atoms with Crippen molar-refractivity contribution in [1.29, 1.82) is 0 Å². The molecule has 0 saturated heterocycles. The third-order valence-electron chi connectivity index (χ3n) is 4.18. The van der Waals surface area contributed by atoms with Crippen molar-refractivity contribution in [2.24, 2.45) is 0 Å². The second-order valence-corrected chi connectivity index (χ2v) is 6.47. The number of esters is 1. The fourth-order valence-electron chi connectivity index (χ4n) is 2.55. The van der Waals surface area contributed by atoms with Crippen molar-refractivity contribution >= 4 is 40.2 Å². The summed E-state index contributed by atoms with van der Waals surface area (Å²) in [5.74, 6) is -0.693. The van der Waals surface area contributed by atoms with Gasteiger partial charge in [-0.25, -0.2) is 9.78 Å². The predicted octanol–water partition coefficient (Wildman–Crippen LogP) is 4.02. The number of amides is 1. The van der Waals surface area contributed by atoms with Crippen LogP contribution in [0.4, 0.5) is 5.82 Å². The number of carbonyl (C=O) groups is 2. The molecule has 2 N–H and O–H groups in total. The summed E-state index contributed by atoms with van der Waals surface area (Å²) in [5, 5.41) is 4.00. The molecule has 1 aromatic carbocycles. The molecule has 6 nitrogen and oxygen atoms in total. The molecule has 7 heteroatoms. The fourth-order valence-corrected chi connectivity index (χ4v) is 2.66. The van der Waals surface area contributed by atoms with E-state index in [1.165, 1.54) is 13.1 Å². The molecule has 0 fully saturated rings. The Morgan fingerprint density at radius 1 is 1.23 bits per heavy atom. The van der Waals surface area contributed by atoms with Gasteiger partial charge in [0.25, 0.3) is 5.91 Å². The van der Waals surface area contributed by atoms with Gasteiger partial charge in [-0.1, -0.05) is 11.6 Å². The number of halogens is 1. The van der Waals surface area contributed by atoms with Gasteiger partial charge in [-0.2, -0.15) is 0 Å². The third-order valence-corrected chi connectivity index (χ3v) is 4.40. The van der Waals surface area contributed by atoms with Crippen LogP contribution in [-0.2, 0) is 9.53 Å². The van der Waals surface area contributed by atoms with Gasteiger partial charge in [0.2, 0.25) is 0 Å².